The minimum atomic E-state index is 0.709. The average molecular weight is 209 g/mol. The Hall–Kier alpha value is -0.820. The number of nitrogens with two attached hydrogens (primary N) is 1. The first-order chi connectivity index (χ1) is 7.26. The highest BCUT2D eigenvalue weighted by atomic mass is 14.5. The van der Waals surface area contributed by atoms with Gasteiger partial charge in [-0.25, -0.2) is 0 Å². The number of hydrogen-bond donors (Lipinski definition) is 1. The lowest BCUT2D eigenvalue weighted by Gasteiger charge is -2.06. The molecule has 0 saturated carbocycles. The van der Waals surface area contributed by atoms with E-state index in [1.807, 2.05) is 20.8 Å². The predicted molar refractivity (Wildman–Crippen MR) is 71.2 cm³/mol. The minimum Gasteiger partial charge on any atom is -0.331 e. The van der Waals surface area contributed by atoms with E-state index in [1.165, 1.54) is 12.0 Å². The van der Waals surface area contributed by atoms with E-state index in [2.05, 4.69) is 44.2 Å². The van der Waals surface area contributed by atoms with Gasteiger partial charge in [0.1, 0.15) is 0 Å². The molecule has 0 bridgehead atoms. The van der Waals surface area contributed by atoms with E-state index in [0.29, 0.717) is 5.92 Å². The summed E-state index contributed by atoms with van der Waals surface area (Å²) < 4.78 is 0. The first-order valence-corrected chi connectivity index (χ1v) is 6.01. The molecule has 88 valence electrons. The van der Waals surface area contributed by atoms with E-state index in [4.69, 9.17) is 5.73 Å². The van der Waals surface area contributed by atoms with Crippen molar-refractivity contribution in [2.75, 3.05) is 6.54 Å². The number of benzene rings is 1. The van der Waals surface area contributed by atoms with Crippen LogP contribution in [0.4, 0.5) is 0 Å². The molecule has 1 aromatic carbocycles. The summed E-state index contributed by atoms with van der Waals surface area (Å²) in [5.41, 5.74) is 6.30. The SMILES string of the molecule is CC.CCC(C)c1ccccc1.CCN. The second kappa shape index (κ2) is 13.2. The molecule has 1 atom stereocenters. The molecule has 0 radical (unpaired) electrons. The summed E-state index contributed by atoms with van der Waals surface area (Å²) in [7, 11) is 0. The van der Waals surface area contributed by atoms with Gasteiger partial charge in [-0.2, -0.15) is 0 Å². The van der Waals surface area contributed by atoms with Crippen molar-refractivity contribution in [3.05, 3.63) is 35.9 Å². The van der Waals surface area contributed by atoms with Crippen molar-refractivity contribution in [1.29, 1.82) is 0 Å². The first kappa shape index (κ1) is 16.6. The molecule has 0 aliphatic carbocycles. The summed E-state index contributed by atoms with van der Waals surface area (Å²) in [5, 5.41) is 0. The van der Waals surface area contributed by atoms with Crippen molar-refractivity contribution in [3.8, 4) is 0 Å². The van der Waals surface area contributed by atoms with Gasteiger partial charge < -0.3 is 5.73 Å². The largest absolute Gasteiger partial charge is 0.331 e. The second-order valence-corrected chi connectivity index (χ2v) is 3.13. The van der Waals surface area contributed by atoms with E-state index in [-0.39, 0.29) is 0 Å². The molecule has 0 saturated heterocycles. The zero-order valence-electron chi connectivity index (χ0n) is 11.0. The fourth-order valence-electron chi connectivity index (χ4n) is 1.02. The van der Waals surface area contributed by atoms with E-state index < -0.39 is 0 Å². The smallest absolute Gasteiger partial charge is 0.0106 e. The Morgan fingerprint density at radius 2 is 1.47 bits per heavy atom. The Bertz CT molecular complexity index is 194. The Kier molecular flexibility index (Phi) is 14.6. The quantitative estimate of drug-likeness (QED) is 0.776. The van der Waals surface area contributed by atoms with Crippen LogP contribution in [0.3, 0.4) is 0 Å². The Labute approximate surface area is 95.7 Å². The van der Waals surface area contributed by atoms with E-state index in [1.54, 1.807) is 0 Å². The van der Waals surface area contributed by atoms with E-state index >= 15 is 0 Å². The summed E-state index contributed by atoms with van der Waals surface area (Å²) in [6, 6.07) is 10.6. The topological polar surface area (TPSA) is 26.0 Å². The van der Waals surface area contributed by atoms with Crippen LogP contribution in [0.2, 0.25) is 0 Å². The van der Waals surface area contributed by atoms with Crippen LogP contribution in [0.25, 0.3) is 0 Å². The Morgan fingerprint density at radius 3 is 1.80 bits per heavy atom. The Morgan fingerprint density at radius 1 is 1.07 bits per heavy atom. The highest BCUT2D eigenvalue weighted by molar-refractivity contribution is 5.18. The maximum absolute atomic E-state index is 4.85. The van der Waals surface area contributed by atoms with Gasteiger partial charge in [0.2, 0.25) is 0 Å². The standard InChI is InChI=1S/C10H14.C2H7N.C2H6/c1-3-9(2)10-7-5-4-6-8-10;1-2-3;1-2/h4-9H,3H2,1-2H3;2-3H2,1H3;1-2H3. The molecule has 0 heterocycles. The van der Waals surface area contributed by atoms with Crippen molar-refractivity contribution in [1.82, 2.24) is 0 Å². The summed E-state index contributed by atoms with van der Waals surface area (Å²) >= 11 is 0. The molecule has 1 nitrogen and oxygen atoms in total. The van der Waals surface area contributed by atoms with E-state index in [0.717, 1.165) is 6.54 Å². The van der Waals surface area contributed by atoms with Gasteiger partial charge in [0.25, 0.3) is 0 Å². The van der Waals surface area contributed by atoms with Crippen LogP contribution in [0.15, 0.2) is 30.3 Å². The van der Waals surface area contributed by atoms with Gasteiger partial charge in [0, 0.05) is 0 Å². The monoisotopic (exact) mass is 209 g/mol. The lowest BCUT2D eigenvalue weighted by molar-refractivity contribution is 0.733. The summed E-state index contributed by atoms with van der Waals surface area (Å²) in [6.07, 6.45) is 1.23. The molecule has 0 fully saturated rings. The molecule has 0 aromatic heterocycles. The number of hydrogen-bond acceptors (Lipinski definition) is 1. The van der Waals surface area contributed by atoms with Crippen LogP contribution in [-0.4, -0.2) is 6.54 Å². The molecule has 2 N–H and O–H groups in total. The predicted octanol–water partition coefficient (Wildman–Crippen LogP) is 4.19. The lowest BCUT2D eigenvalue weighted by Crippen LogP contribution is -1.88. The molecule has 0 aliphatic heterocycles. The fourth-order valence-corrected chi connectivity index (χ4v) is 1.02. The van der Waals surface area contributed by atoms with Crippen LogP contribution >= 0.6 is 0 Å². The molecular weight excluding hydrogens is 182 g/mol. The van der Waals surface area contributed by atoms with Crippen molar-refractivity contribution >= 4 is 0 Å². The van der Waals surface area contributed by atoms with Gasteiger partial charge in [-0.15, -0.1) is 0 Å². The third-order valence-electron chi connectivity index (χ3n) is 1.98. The highest BCUT2D eigenvalue weighted by Crippen LogP contribution is 2.16. The molecule has 0 amide bonds. The number of rotatable bonds is 2. The molecule has 1 rings (SSSR count). The normalized spacial score (nSPS) is 10.3. The maximum atomic E-state index is 4.85. The van der Waals surface area contributed by atoms with E-state index in [9.17, 15) is 0 Å². The summed E-state index contributed by atoms with van der Waals surface area (Å²) in [5.74, 6) is 0.709. The fraction of sp³-hybridized carbons (Fsp3) is 0.571. The van der Waals surface area contributed by atoms with Gasteiger partial charge in [0.05, 0.1) is 0 Å². The summed E-state index contributed by atoms with van der Waals surface area (Å²) in [4.78, 5) is 0. The lowest BCUT2D eigenvalue weighted by atomic mass is 9.99. The van der Waals surface area contributed by atoms with Crippen molar-refractivity contribution < 1.29 is 0 Å². The van der Waals surface area contributed by atoms with Crippen molar-refractivity contribution in [3.63, 3.8) is 0 Å². The van der Waals surface area contributed by atoms with Crippen LogP contribution in [0, 0.1) is 0 Å². The minimum absolute atomic E-state index is 0.709. The third-order valence-corrected chi connectivity index (χ3v) is 1.98. The molecular formula is C14H27N. The molecule has 0 spiro atoms. The van der Waals surface area contributed by atoms with Crippen LogP contribution < -0.4 is 5.73 Å². The van der Waals surface area contributed by atoms with Gasteiger partial charge in [-0.05, 0) is 24.4 Å². The maximum Gasteiger partial charge on any atom is -0.0106 e. The third kappa shape index (κ3) is 9.48. The van der Waals surface area contributed by atoms with Gasteiger partial charge in [-0.3, -0.25) is 0 Å². The van der Waals surface area contributed by atoms with Crippen LogP contribution in [-0.2, 0) is 0 Å². The molecule has 0 aliphatic rings. The van der Waals surface area contributed by atoms with Crippen LogP contribution in [0.1, 0.15) is 52.5 Å². The molecule has 1 unspecified atom stereocenters. The second-order valence-electron chi connectivity index (χ2n) is 3.13. The highest BCUT2D eigenvalue weighted by Gasteiger charge is 1.98. The average Bonchev–Trinajstić information content (AvgIpc) is 2.33. The zero-order chi connectivity index (χ0) is 12.1. The first-order valence-electron chi connectivity index (χ1n) is 6.01. The molecule has 1 heteroatoms. The van der Waals surface area contributed by atoms with Gasteiger partial charge in [-0.1, -0.05) is 65.0 Å². The van der Waals surface area contributed by atoms with Gasteiger partial charge in [0.15, 0.2) is 0 Å². The van der Waals surface area contributed by atoms with Gasteiger partial charge >= 0.3 is 0 Å². The Balaban J connectivity index is 0. The van der Waals surface area contributed by atoms with Crippen LogP contribution in [0.5, 0.6) is 0 Å². The summed E-state index contributed by atoms with van der Waals surface area (Å²) in [6.45, 7) is 11.1. The molecule has 15 heavy (non-hydrogen) atoms. The van der Waals surface area contributed by atoms with Crippen molar-refractivity contribution in [2.45, 2.75) is 47.0 Å². The van der Waals surface area contributed by atoms with Crippen molar-refractivity contribution in [2.24, 2.45) is 5.73 Å². The molecule has 1 aromatic rings. The zero-order valence-corrected chi connectivity index (χ0v) is 11.0.